The summed E-state index contributed by atoms with van der Waals surface area (Å²) < 4.78 is 47.1. The van der Waals surface area contributed by atoms with Crippen molar-refractivity contribution < 1.29 is 17.5 Å². The lowest BCUT2D eigenvalue weighted by molar-refractivity contribution is 0.413. The SMILES string of the molecule is CCCS(=O)(=O)Nc1ccc(F)c(-n2cc(-c3cncc(OC)c3)nn2)c1Cl. The standard InChI is InChI=1S/C17H17ClFN5O3S/c1-3-6-28(25,26)22-14-5-4-13(19)17(16(14)18)24-10-15(21-23-24)11-7-12(27-2)9-20-8-11/h4-5,7-10,22H,3,6H2,1-2H3. The quantitative estimate of drug-likeness (QED) is 0.623. The summed E-state index contributed by atoms with van der Waals surface area (Å²) >= 11 is 6.27. The smallest absolute Gasteiger partial charge is 0.232 e. The molecule has 0 fully saturated rings. The van der Waals surface area contributed by atoms with Crippen molar-refractivity contribution in [3.05, 3.63) is 47.6 Å². The Morgan fingerprint density at radius 1 is 1.32 bits per heavy atom. The summed E-state index contributed by atoms with van der Waals surface area (Å²) in [4.78, 5) is 4.04. The van der Waals surface area contributed by atoms with Gasteiger partial charge in [0.15, 0.2) is 5.82 Å². The maximum Gasteiger partial charge on any atom is 0.232 e. The maximum atomic E-state index is 14.4. The third-order valence-corrected chi connectivity index (χ3v) is 5.63. The van der Waals surface area contributed by atoms with Gasteiger partial charge in [0.05, 0.1) is 36.0 Å². The second-order valence-electron chi connectivity index (χ2n) is 5.84. The minimum atomic E-state index is -3.59. The largest absolute Gasteiger partial charge is 0.495 e. The molecule has 0 atom stereocenters. The zero-order valence-electron chi connectivity index (χ0n) is 15.1. The van der Waals surface area contributed by atoms with E-state index < -0.39 is 15.8 Å². The summed E-state index contributed by atoms with van der Waals surface area (Å²) in [5, 5.41) is 7.79. The summed E-state index contributed by atoms with van der Waals surface area (Å²) in [7, 11) is -2.08. The second-order valence-corrected chi connectivity index (χ2v) is 8.06. The third-order valence-electron chi connectivity index (χ3n) is 3.77. The van der Waals surface area contributed by atoms with Gasteiger partial charge in [-0.2, -0.15) is 0 Å². The lowest BCUT2D eigenvalue weighted by Crippen LogP contribution is -2.17. The maximum absolute atomic E-state index is 14.4. The number of benzene rings is 1. The van der Waals surface area contributed by atoms with Gasteiger partial charge in [-0.15, -0.1) is 5.10 Å². The molecule has 11 heteroatoms. The number of anilines is 1. The highest BCUT2D eigenvalue weighted by atomic mass is 35.5. The van der Waals surface area contributed by atoms with Crippen LogP contribution in [0.25, 0.3) is 16.9 Å². The topological polar surface area (TPSA) is 99.0 Å². The van der Waals surface area contributed by atoms with E-state index in [0.29, 0.717) is 23.4 Å². The van der Waals surface area contributed by atoms with Crippen molar-refractivity contribution in [2.45, 2.75) is 13.3 Å². The Balaban J connectivity index is 2.00. The van der Waals surface area contributed by atoms with Gasteiger partial charge in [-0.1, -0.05) is 23.7 Å². The highest BCUT2D eigenvalue weighted by Gasteiger charge is 2.19. The van der Waals surface area contributed by atoms with Crippen LogP contribution in [0.1, 0.15) is 13.3 Å². The molecule has 2 heterocycles. The van der Waals surface area contributed by atoms with Crippen molar-refractivity contribution in [2.24, 2.45) is 0 Å². The van der Waals surface area contributed by atoms with E-state index in [4.69, 9.17) is 16.3 Å². The number of nitrogens with zero attached hydrogens (tertiary/aromatic N) is 4. The lowest BCUT2D eigenvalue weighted by atomic mass is 10.2. The van der Waals surface area contributed by atoms with Gasteiger partial charge in [0, 0.05) is 11.8 Å². The molecule has 0 bridgehead atoms. The van der Waals surface area contributed by atoms with E-state index in [1.54, 1.807) is 19.2 Å². The van der Waals surface area contributed by atoms with Crippen LogP contribution in [0.4, 0.5) is 10.1 Å². The average molecular weight is 426 g/mol. The molecule has 0 spiro atoms. The van der Waals surface area contributed by atoms with Gasteiger partial charge in [0.2, 0.25) is 10.0 Å². The zero-order valence-corrected chi connectivity index (χ0v) is 16.6. The van der Waals surface area contributed by atoms with Gasteiger partial charge in [-0.25, -0.2) is 17.5 Å². The molecule has 0 aliphatic carbocycles. The highest BCUT2D eigenvalue weighted by Crippen LogP contribution is 2.32. The molecule has 0 amide bonds. The van der Waals surface area contributed by atoms with Crippen LogP contribution in [0.2, 0.25) is 5.02 Å². The van der Waals surface area contributed by atoms with Gasteiger partial charge in [-0.05, 0) is 24.6 Å². The van der Waals surface area contributed by atoms with E-state index in [0.717, 1.165) is 10.7 Å². The van der Waals surface area contributed by atoms with E-state index in [9.17, 15) is 12.8 Å². The average Bonchev–Trinajstić information content (AvgIpc) is 3.14. The highest BCUT2D eigenvalue weighted by molar-refractivity contribution is 7.92. The molecule has 148 valence electrons. The molecule has 0 saturated heterocycles. The van der Waals surface area contributed by atoms with Crippen LogP contribution in [0, 0.1) is 5.82 Å². The van der Waals surface area contributed by atoms with Crippen molar-refractivity contribution in [1.82, 2.24) is 20.0 Å². The normalized spacial score (nSPS) is 11.4. The van der Waals surface area contributed by atoms with Crippen LogP contribution < -0.4 is 9.46 Å². The first-order valence-corrected chi connectivity index (χ1v) is 10.3. The fraction of sp³-hybridized carbons (Fsp3) is 0.235. The Morgan fingerprint density at radius 3 is 2.82 bits per heavy atom. The molecule has 28 heavy (non-hydrogen) atoms. The summed E-state index contributed by atoms with van der Waals surface area (Å²) in [5.74, 6) is -0.223. The van der Waals surface area contributed by atoms with E-state index >= 15 is 0 Å². The first-order chi connectivity index (χ1) is 13.3. The number of hydrogen-bond donors (Lipinski definition) is 1. The molecule has 0 saturated carbocycles. The Bertz CT molecular complexity index is 1100. The minimum Gasteiger partial charge on any atom is -0.495 e. The fourth-order valence-electron chi connectivity index (χ4n) is 2.49. The number of aromatic nitrogens is 4. The van der Waals surface area contributed by atoms with Crippen molar-refractivity contribution in [2.75, 3.05) is 17.6 Å². The molecule has 0 aliphatic rings. The Hall–Kier alpha value is -2.72. The Kier molecular flexibility index (Phi) is 5.80. The van der Waals surface area contributed by atoms with Gasteiger partial charge in [0.1, 0.15) is 17.1 Å². The van der Waals surface area contributed by atoms with Crippen LogP contribution in [0.3, 0.4) is 0 Å². The molecular weight excluding hydrogens is 409 g/mol. The monoisotopic (exact) mass is 425 g/mol. The molecule has 3 aromatic rings. The van der Waals surface area contributed by atoms with E-state index in [1.807, 2.05) is 0 Å². The predicted molar refractivity (Wildman–Crippen MR) is 104 cm³/mol. The number of halogens is 2. The first-order valence-electron chi connectivity index (χ1n) is 8.25. The fourth-order valence-corrected chi connectivity index (χ4v) is 3.98. The number of rotatable bonds is 7. The summed E-state index contributed by atoms with van der Waals surface area (Å²) in [6, 6.07) is 4.08. The molecule has 0 unspecified atom stereocenters. The van der Waals surface area contributed by atoms with E-state index in [2.05, 4.69) is 20.0 Å². The number of sulfonamides is 1. The minimum absolute atomic E-state index is 0.0617. The van der Waals surface area contributed by atoms with Gasteiger partial charge in [0.25, 0.3) is 0 Å². The number of pyridine rings is 1. The predicted octanol–water partition coefficient (Wildman–Crippen LogP) is 3.28. The van der Waals surface area contributed by atoms with Crippen LogP contribution in [-0.4, -0.2) is 41.3 Å². The van der Waals surface area contributed by atoms with Crippen LogP contribution in [-0.2, 0) is 10.0 Å². The van der Waals surface area contributed by atoms with Crippen molar-refractivity contribution >= 4 is 27.3 Å². The van der Waals surface area contributed by atoms with E-state index in [-0.39, 0.29) is 22.2 Å². The Morgan fingerprint density at radius 2 is 2.11 bits per heavy atom. The molecule has 1 N–H and O–H groups in total. The molecule has 8 nitrogen and oxygen atoms in total. The second kappa shape index (κ2) is 8.11. The number of nitrogens with one attached hydrogen (secondary N) is 1. The van der Waals surface area contributed by atoms with E-state index in [1.165, 1.54) is 25.6 Å². The number of methoxy groups -OCH3 is 1. The van der Waals surface area contributed by atoms with Crippen molar-refractivity contribution in [1.29, 1.82) is 0 Å². The molecule has 1 aromatic carbocycles. The molecule has 2 aromatic heterocycles. The van der Waals surface area contributed by atoms with Crippen LogP contribution >= 0.6 is 11.6 Å². The first kappa shape index (κ1) is 20.0. The molecular formula is C17H17ClFN5O3S. The lowest BCUT2D eigenvalue weighted by Gasteiger charge is -2.12. The number of ether oxygens (including phenoxy) is 1. The van der Waals surface area contributed by atoms with Crippen LogP contribution in [0.15, 0.2) is 36.8 Å². The van der Waals surface area contributed by atoms with Crippen molar-refractivity contribution in [3.8, 4) is 22.7 Å². The number of hydrogen-bond acceptors (Lipinski definition) is 6. The van der Waals surface area contributed by atoms with Gasteiger partial charge < -0.3 is 4.74 Å². The molecule has 0 aliphatic heterocycles. The van der Waals surface area contributed by atoms with Gasteiger partial charge in [-0.3, -0.25) is 9.71 Å². The molecule has 3 rings (SSSR count). The Labute approximate surface area is 166 Å². The van der Waals surface area contributed by atoms with Gasteiger partial charge >= 0.3 is 0 Å². The summed E-state index contributed by atoms with van der Waals surface area (Å²) in [6.07, 6.45) is 4.99. The summed E-state index contributed by atoms with van der Waals surface area (Å²) in [5.41, 5.74) is 0.973. The van der Waals surface area contributed by atoms with Crippen molar-refractivity contribution in [3.63, 3.8) is 0 Å². The third kappa shape index (κ3) is 4.23. The van der Waals surface area contributed by atoms with Crippen LogP contribution in [0.5, 0.6) is 5.75 Å². The zero-order chi connectivity index (χ0) is 20.3. The summed E-state index contributed by atoms with van der Waals surface area (Å²) in [6.45, 7) is 1.74. The molecule has 0 radical (unpaired) electrons.